The predicted molar refractivity (Wildman–Crippen MR) is 63.3 cm³/mol. The fraction of sp³-hybridized carbons (Fsp3) is 0.417. The summed E-state index contributed by atoms with van der Waals surface area (Å²) < 4.78 is 47.3. The number of carbonyl (C=O) groups is 1. The number of aryl methyl sites for hydroxylation is 1. The van der Waals surface area contributed by atoms with Crippen LogP contribution in [0.5, 0.6) is 5.75 Å². The molecule has 0 radical (unpaired) electrons. The van der Waals surface area contributed by atoms with Crippen molar-refractivity contribution in [2.75, 3.05) is 6.61 Å². The van der Waals surface area contributed by atoms with Crippen molar-refractivity contribution in [2.24, 2.45) is 0 Å². The molecule has 19 heavy (non-hydrogen) atoms. The first-order valence-electron chi connectivity index (χ1n) is 5.42. The largest absolute Gasteiger partial charge is 0.469 e. The number of esters is 1. The Labute approximate surface area is 113 Å². The highest BCUT2D eigenvalue weighted by Crippen LogP contribution is 2.29. The molecule has 0 aliphatic heterocycles. The lowest BCUT2D eigenvalue weighted by molar-refractivity contribution is -0.211. The van der Waals surface area contributed by atoms with Crippen molar-refractivity contribution in [1.82, 2.24) is 0 Å². The van der Waals surface area contributed by atoms with Gasteiger partial charge in [-0.15, -0.1) is 0 Å². The van der Waals surface area contributed by atoms with Crippen molar-refractivity contribution in [3.8, 4) is 5.75 Å². The first-order chi connectivity index (χ1) is 8.75. The van der Waals surface area contributed by atoms with Crippen molar-refractivity contribution in [2.45, 2.75) is 26.1 Å². The Bertz CT molecular complexity index is 460. The van der Waals surface area contributed by atoms with Gasteiger partial charge in [0.15, 0.2) is 0 Å². The molecule has 0 amide bonds. The van der Waals surface area contributed by atoms with Crippen LogP contribution < -0.4 is 4.74 Å². The minimum atomic E-state index is -4.85. The van der Waals surface area contributed by atoms with Crippen LogP contribution in [0.25, 0.3) is 0 Å². The highest BCUT2D eigenvalue weighted by atomic mass is 35.5. The van der Waals surface area contributed by atoms with Gasteiger partial charge in [-0.05, 0) is 37.6 Å². The van der Waals surface area contributed by atoms with Crippen LogP contribution in [0.1, 0.15) is 12.5 Å². The molecule has 0 saturated carbocycles. The van der Waals surface area contributed by atoms with Crippen molar-refractivity contribution in [1.29, 1.82) is 0 Å². The van der Waals surface area contributed by atoms with Crippen molar-refractivity contribution >= 4 is 17.6 Å². The topological polar surface area (TPSA) is 35.5 Å². The molecule has 1 aromatic rings. The summed E-state index contributed by atoms with van der Waals surface area (Å²) in [5.41, 5.74) is 0.394. The van der Waals surface area contributed by atoms with E-state index in [-0.39, 0.29) is 12.4 Å². The maximum atomic E-state index is 12.7. The van der Waals surface area contributed by atoms with Gasteiger partial charge in [-0.1, -0.05) is 11.6 Å². The molecule has 7 heteroatoms. The fourth-order valence-corrected chi connectivity index (χ4v) is 1.57. The van der Waals surface area contributed by atoms with Crippen LogP contribution in [0, 0.1) is 6.92 Å². The van der Waals surface area contributed by atoms with Crippen molar-refractivity contribution in [3.63, 3.8) is 0 Å². The monoisotopic (exact) mass is 296 g/mol. The summed E-state index contributed by atoms with van der Waals surface area (Å²) in [6, 6.07) is 4.09. The molecule has 0 heterocycles. The van der Waals surface area contributed by atoms with Gasteiger partial charge >= 0.3 is 12.1 Å². The Hall–Kier alpha value is -1.43. The maximum absolute atomic E-state index is 12.7. The molecule has 0 N–H and O–H groups in total. The van der Waals surface area contributed by atoms with E-state index in [1.54, 1.807) is 0 Å². The Kier molecular flexibility index (Phi) is 5.05. The number of rotatable bonds is 4. The first kappa shape index (κ1) is 15.6. The quantitative estimate of drug-likeness (QED) is 0.798. The fourth-order valence-electron chi connectivity index (χ4n) is 1.34. The van der Waals surface area contributed by atoms with Crippen LogP contribution in [-0.2, 0) is 9.53 Å². The molecule has 1 unspecified atom stereocenters. The standard InChI is InChI=1S/C12H12ClF3O3/c1-3-18-11(17)10(12(14,15)16)19-9-5-4-8(13)6-7(9)2/h4-6,10H,3H2,1-2H3. The minimum Gasteiger partial charge on any atom is -0.469 e. The molecule has 1 atom stereocenters. The highest BCUT2D eigenvalue weighted by Gasteiger charge is 2.48. The Morgan fingerprint density at radius 3 is 2.53 bits per heavy atom. The van der Waals surface area contributed by atoms with Crippen LogP contribution in [-0.4, -0.2) is 24.9 Å². The number of ether oxygens (including phenoxy) is 2. The zero-order valence-corrected chi connectivity index (χ0v) is 11.0. The van der Waals surface area contributed by atoms with Crippen LogP contribution in [0.15, 0.2) is 18.2 Å². The molecule has 0 fully saturated rings. The second-order valence-electron chi connectivity index (χ2n) is 3.70. The van der Waals surface area contributed by atoms with E-state index in [0.717, 1.165) is 0 Å². The molecular formula is C12H12ClF3O3. The lowest BCUT2D eigenvalue weighted by Crippen LogP contribution is -2.42. The summed E-state index contributed by atoms with van der Waals surface area (Å²) in [6.45, 7) is 2.78. The van der Waals surface area contributed by atoms with Gasteiger partial charge in [-0.3, -0.25) is 0 Å². The Morgan fingerprint density at radius 1 is 1.42 bits per heavy atom. The molecule has 106 valence electrons. The van der Waals surface area contributed by atoms with Gasteiger partial charge in [-0.2, -0.15) is 13.2 Å². The third kappa shape index (κ3) is 4.31. The normalized spacial score (nSPS) is 12.9. The van der Waals surface area contributed by atoms with Crippen molar-refractivity contribution in [3.05, 3.63) is 28.8 Å². The minimum absolute atomic E-state index is 0.0696. The second-order valence-corrected chi connectivity index (χ2v) is 4.14. The van der Waals surface area contributed by atoms with E-state index >= 15 is 0 Å². The average Bonchev–Trinajstić information content (AvgIpc) is 2.26. The molecule has 0 aromatic heterocycles. The lowest BCUT2D eigenvalue weighted by Gasteiger charge is -2.21. The van der Waals surface area contributed by atoms with Gasteiger partial charge in [0, 0.05) is 5.02 Å². The molecule has 0 bridgehead atoms. The zero-order chi connectivity index (χ0) is 14.6. The predicted octanol–water partition coefficient (Wildman–Crippen LogP) is 3.52. The SMILES string of the molecule is CCOC(=O)C(Oc1ccc(Cl)cc1C)C(F)(F)F. The number of alkyl halides is 3. The number of hydrogen-bond acceptors (Lipinski definition) is 3. The summed E-state index contributed by atoms with van der Waals surface area (Å²) in [5, 5.41) is 0.365. The Balaban J connectivity index is 2.98. The lowest BCUT2D eigenvalue weighted by atomic mass is 10.2. The van der Waals surface area contributed by atoms with E-state index in [1.165, 1.54) is 32.0 Å². The number of carbonyl (C=O) groups excluding carboxylic acids is 1. The molecule has 3 nitrogen and oxygen atoms in total. The molecular weight excluding hydrogens is 285 g/mol. The number of hydrogen-bond donors (Lipinski definition) is 0. The van der Waals surface area contributed by atoms with E-state index in [9.17, 15) is 18.0 Å². The van der Waals surface area contributed by atoms with E-state index in [2.05, 4.69) is 4.74 Å². The summed E-state index contributed by atoms with van der Waals surface area (Å²) in [6.07, 6.45) is -7.49. The van der Waals surface area contributed by atoms with E-state index in [4.69, 9.17) is 16.3 Å². The number of benzene rings is 1. The third-order valence-electron chi connectivity index (χ3n) is 2.18. The van der Waals surface area contributed by atoms with Gasteiger partial charge in [-0.25, -0.2) is 4.79 Å². The van der Waals surface area contributed by atoms with Crippen LogP contribution >= 0.6 is 11.6 Å². The molecule has 0 aliphatic rings. The highest BCUT2D eigenvalue weighted by molar-refractivity contribution is 6.30. The van der Waals surface area contributed by atoms with Crippen LogP contribution in [0.3, 0.4) is 0 Å². The van der Waals surface area contributed by atoms with Gasteiger partial charge < -0.3 is 9.47 Å². The summed E-state index contributed by atoms with van der Waals surface area (Å²) in [7, 11) is 0. The van der Waals surface area contributed by atoms with Gasteiger partial charge in [0.1, 0.15) is 5.75 Å². The smallest absolute Gasteiger partial charge is 0.436 e. The molecule has 0 saturated heterocycles. The summed E-state index contributed by atoms with van der Waals surface area (Å²) in [5.74, 6) is -1.54. The molecule has 0 aliphatic carbocycles. The second kappa shape index (κ2) is 6.14. The van der Waals surface area contributed by atoms with Crippen LogP contribution in [0.2, 0.25) is 5.02 Å². The molecule has 1 rings (SSSR count). The van der Waals surface area contributed by atoms with E-state index < -0.39 is 18.2 Å². The summed E-state index contributed by atoms with van der Waals surface area (Å²) >= 11 is 5.69. The Morgan fingerprint density at radius 2 is 2.05 bits per heavy atom. The zero-order valence-electron chi connectivity index (χ0n) is 10.3. The van der Waals surface area contributed by atoms with Gasteiger partial charge in [0.05, 0.1) is 6.61 Å². The van der Waals surface area contributed by atoms with Gasteiger partial charge in [0.2, 0.25) is 0 Å². The van der Waals surface area contributed by atoms with E-state index in [1.807, 2.05) is 0 Å². The first-order valence-corrected chi connectivity index (χ1v) is 5.79. The maximum Gasteiger partial charge on any atom is 0.436 e. The molecule has 1 aromatic carbocycles. The number of halogens is 4. The third-order valence-corrected chi connectivity index (χ3v) is 2.41. The van der Waals surface area contributed by atoms with Crippen molar-refractivity contribution < 1.29 is 27.4 Å². The summed E-state index contributed by atoms with van der Waals surface area (Å²) in [4.78, 5) is 11.3. The van der Waals surface area contributed by atoms with Crippen LogP contribution in [0.4, 0.5) is 13.2 Å². The average molecular weight is 297 g/mol. The molecule has 0 spiro atoms. The van der Waals surface area contributed by atoms with E-state index in [0.29, 0.717) is 10.6 Å². The van der Waals surface area contributed by atoms with Gasteiger partial charge in [0.25, 0.3) is 6.10 Å².